The summed E-state index contributed by atoms with van der Waals surface area (Å²) in [6.45, 7) is 7.87. The van der Waals surface area contributed by atoms with Crippen molar-refractivity contribution >= 4 is 11.8 Å². The molecule has 0 aliphatic carbocycles. The van der Waals surface area contributed by atoms with E-state index in [0.717, 1.165) is 24.5 Å². The molecule has 1 unspecified atom stereocenters. The number of terminal acetylenes is 1. The molecular formula is C17H25NS. The Morgan fingerprint density at radius 2 is 1.95 bits per heavy atom. The first-order valence-corrected chi connectivity index (χ1v) is 7.98. The van der Waals surface area contributed by atoms with E-state index < -0.39 is 0 Å². The lowest BCUT2D eigenvalue weighted by Gasteiger charge is -2.27. The highest BCUT2D eigenvalue weighted by Gasteiger charge is 2.19. The van der Waals surface area contributed by atoms with Crippen molar-refractivity contribution in [1.29, 1.82) is 0 Å². The summed E-state index contributed by atoms with van der Waals surface area (Å²) < 4.78 is 0. The van der Waals surface area contributed by atoms with E-state index in [1.807, 2.05) is 11.8 Å². The van der Waals surface area contributed by atoms with Crippen molar-refractivity contribution in [1.82, 2.24) is 5.32 Å². The lowest BCUT2D eigenvalue weighted by atomic mass is 9.85. The monoisotopic (exact) mass is 275 g/mol. The van der Waals surface area contributed by atoms with E-state index in [1.54, 1.807) is 0 Å². The molecule has 1 rings (SSSR count). The Balaban J connectivity index is 2.54. The molecule has 0 saturated heterocycles. The predicted octanol–water partition coefficient (Wildman–Crippen LogP) is 4.12. The van der Waals surface area contributed by atoms with Crippen molar-refractivity contribution in [3.63, 3.8) is 0 Å². The van der Waals surface area contributed by atoms with Crippen LogP contribution in [0, 0.1) is 17.8 Å². The molecule has 0 aromatic heterocycles. The fourth-order valence-electron chi connectivity index (χ4n) is 2.04. The maximum Gasteiger partial charge on any atom is 0.0545 e. The number of rotatable bonds is 7. The van der Waals surface area contributed by atoms with Crippen LogP contribution in [0.2, 0.25) is 0 Å². The second-order valence-electron chi connectivity index (χ2n) is 5.94. The molecule has 0 saturated carbocycles. The highest BCUT2D eigenvalue weighted by molar-refractivity contribution is 7.99. The van der Waals surface area contributed by atoms with Gasteiger partial charge in [0, 0.05) is 18.3 Å². The van der Waals surface area contributed by atoms with Crippen LogP contribution < -0.4 is 5.32 Å². The van der Waals surface area contributed by atoms with Gasteiger partial charge >= 0.3 is 0 Å². The Morgan fingerprint density at radius 3 is 2.53 bits per heavy atom. The van der Waals surface area contributed by atoms with Gasteiger partial charge in [0.15, 0.2) is 0 Å². The maximum atomic E-state index is 5.25. The van der Waals surface area contributed by atoms with E-state index in [2.05, 4.69) is 62.3 Å². The molecule has 1 aromatic carbocycles. The van der Waals surface area contributed by atoms with Gasteiger partial charge in [0.2, 0.25) is 0 Å². The number of benzene rings is 1. The van der Waals surface area contributed by atoms with E-state index in [0.29, 0.717) is 11.5 Å². The number of hydrogen-bond donors (Lipinski definition) is 1. The van der Waals surface area contributed by atoms with Gasteiger partial charge in [-0.15, -0.1) is 18.2 Å². The van der Waals surface area contributed by atoms with Gasteiger partial charge in [-0.3, -0.25) is 0 Å². The Kier molecular flexibility index (Phi) is 7.05. The molecule has 19 heavy (non-hydrogen) atoms. The first kappa shape index (κ1) is 16.1. The first-order chi connectivity index (χ1) is 9.03. The van der Waals surface area contributed by atoms with Crippen molar-refractivity contribution in [3.05, 3.63) is 35.9 Å². The molecule has 2 heteroatoms. The molecule has 0 radical (unpaired) electrons. The number of hydrogen-bond acceptors (Lipinski definition) is 2. The normalized spacial score (nSPS) is 12.9. The quantitative estimate of drug-likeness (QED) is 0.593. The summed E-state index contributed by atoms with van der Waals surface area (Å²) in [7, 11) is 0. The molecule has 0 aliphatic rings. The van der Waals surface area contributed by atoms with Crippen LogP contribution in [0.5, 0.6) is 0 Å². The molecule has 1 atom stereocenters. The second-order valence-corrected chi connectivity index (χ2v) is 7.04. The van der Waals surface area contributed by atoms with Crippen LogP contribution in [-0.4, -0.2) is 18.1 Å². The van der Waals surface area contributed by atoms with Crippen molar-refractivity contribution in [3.8, 4) is 12.3 Å². The van der Waals surface area contributed by atoms with Crippen LogP contribution in [0.25, 0.3) is 0 Å². The highest BCUT2D eigenvalue weighted by Crippen LogP contribution is 2.29. The van der Waals surface area contributed by atoms with Gasteiger partial charge in [0.1, 0.15) is 0 Å². The van der Waals surface area contributed by atoms with Crippen LogP contribution in [0.4, 0.5) is 0 Å². The van der Waals surface area contributed by atoms with Crippen LogP contribution in [0.1, 0.15) is 38.8 Å². The molecular weight excluding hydrogens is 250 g/mol. The molecule has 104 valence electrons. The molecule has 1 nitrogen and oxygen atoms in total. The minimum absolute atomic E-state index is 0.319. The summed E-state index contributed by atoms with van der Waals surface area (Å²) in [5, 5.41) is 3.66. The van der Waals surface area contributed by atoms with Gasteiger partial charge in [-0.1, -0.05) is 57.0 Å². The van der Waals surface area contributed by atoms with Gasteiger partial charge in [-0.05, 0) is 17.4 Å². The van der Waals surface area contributed by atoms with Crippen LogP contribution in [0.3, 0.4) is 0 Å². The number of thioether (sulfide) groups is 1. The van der Waals surface area contributed by atoms with E-state index in [1.165, 1.54) is 5.56 Å². The fraction of sp³-hybridized carbons (Fsp3) is 0.529. The zero-order chi connectivity index (χ0) is 14.1. The third-order valence-electron chi connectivity index (χ3n) is 2.84. The minimum atomic E-state index is 0.319. The lowest BCUT2D eigenvalue weighted by Crippen LogP contribution is -2.27. The summed E-state index contributed by atoms with van der Waals surface area (Å²) in [5.41, 5.74) is 1.69. The summed E-state index contributed by atoms with van der Waals surface area (Å²) >= 11 is 1.81. The molecule has 1 N–H and O–H groups in total. The minimum Gasteiger partial charge on any atom is -0.309 e. The van der Waals surface area contributed by atoms with Crippen LogP contribution in [0.15, 0.2) is 30.3 Å². The van der Waals surface area contributed by atoms with Gasteiger partial charge in [-0.2, -0.15) is 0 Å². The van der Waals surface area contributed by atoms with Crippen molar-refractivity contribution in [2.75, 3.05) is 18.1 Å². The smallest absolute Gasteiger partial charge is 0.0545 e. The second kappa shape index (κ2) is 8.30. The molecule has 0 amide bonds. The highest BCUT2D eigenvalue weighted by atomic mass is 32.2. The Labute approximate surface area is 122 Å². The zero-order valence-corrected chi connectivity index (χ0v) is 13.1. The van der Waals surface area contributed by atoms with Gasteiger partial charge in [0.25, 0.3) is 0 Å². The predicted molar refractivity (Wildman–Crippen MR) is 87.4 cm³/mol. The average molecular weight is 275 g/mol. The van der Waals surface area contributed by atoms with Gasteiger partial charge in [0.05, 0.1) is 5.75 Å². The third kappa shape index (κ3) is 7.30. The Bertz CT molecular complexity index is 386. The zero-order valence-electron chi connectivity index (χ0n) is 12.3. The van der Waals surface area contributed by atoms with Crippen molar-refractivity contribution in [2.45, 2.75) is 33.2 Å². The largest absolute Gasteiger partial charge is 0.309 e. The van der Waals surface area contributed by atoms with E-state index in [-0.39, 0.29) is 0 Å². The standard InChI is InChI=1S/C17H25NS/c1-5-12-19-13-11-18-16(14-17(2,3)4)15-9-7-6-8-10-15/h1,6-10,16,18H,11-14H2,2-4H3. The van der Waals surface area contributed by atoms with Gasteiger partial charge in [-0.25, -0.2) is 0 Å². The Morgan fingerprint density at radius 1 is 1.26 bits per heavy atom. The van der Waals surface area contributed by atoms with Crippen LogP contribution in [-0.2, 0) is 0 Å². The summed E-state index contributed by atoms with van der Waals surface area (Å²) in [4.78, 5) is 0. The fourth-order valence-corrected chi connectivity index (χ4v) is 2.57. The van der Waals surface area contributed by atoms with E-state index in [4.69, 9.17) is 6.42 Å². The lowest BCUT2D eigenvalue weighted by molar-refractivity contribution is 0.314. The van der Waals surface area contributed by atoms with E-state index >= 15 is 0 Å². The average Bonchev–Trinajstić information content (AvgIpc) is 2.37. The topological polar surface area (TPSA) is 12.0 Å². The maximum absolute atomic E-state index is 5.25. The SMILES string of the molecule is C#CCSCCNC(CC(C)(C)C)c1ccccc1. The molecule has 0 fully saturated rings. The molecule has 0 heterocycles. The molecule has 0 spiro atoms. The Hall–Kier alpha value is -0.910. The van der Waals surface area contributed by atoms with E-state index in [9.17, 15) is 0 Å². The third-order valence-corrected chi connectivity index (χ3v) is 3.70. The molecule has 0 aliphatic heterocycles. The molecule has 1 aromatic rings. The van der Waals surface area contributed by atoms with Gasteiger partial charge < -0.3 is 5.32 Å². The molecule has 0 bridgehead atoms. The van der Waals surface area contributed by atoms with Crippen LogP contribution >= 0.6 is 11.8 Å². The van der Waals surface area contributed by atoms with Crippen molar-refractivity contribution in [2.24, 2.45) is 5.41 Å². The summed E-state index contributed by atoms with van der Waals surface area (Å²) in [5.74, 6) is 4.53. The number of nitrogens with one attached hydrogen (secondary N) is 1. The first-order valence-electron chi connectivity index (χ1n) is 6.82. The summed E-state index contributed by atoms with van der Waals surface area (Å²) in [6, 6.07) is 11.1. The summed E-state index contributed by atoms with van der Waals surface area (Å²) in [6.07, 6.45) is 6.39. The van der Waals surface area contributed by atoms with Crippen molar-refractivity contribution < 1.29 is 0 Å².